The van der Waals surface area contributed by atoms with Gasteiger partial charge < -0.3 is 5.92 Å². The zero-order valence-corrected chi connectivity index (χ0v) is 12.8. The molecule has 0 unspecified atom stereocenters. The Bertz CT molecular complexity index is 73.2. The molecule has 1 heteroatoms. The molecular weight excluding hydrogens is 210 g/mol. The van der Waals surface area contributed by atoms with Gasteiger partial charge in [0.15, 0.2) is 0 Å². The third kappa shape index (κ3) is 10.5. The number of rotatable bonds is 8. The molecule has 0 radical (unpaired) electrons. The van der Waals surface area contributed by atoms with Crippen LogP contribution < -0.4 is 0 Å². The van der Waals surface area contributed by atoms with Crippen LogP contribution in [0.5, 0.6) is 0 Å². The van der Waals surface area contributed by atoms with Gasteiger partial charge >= 0.3 is 0 Å². The maximum absolute atomic E-state index is 2.29. The minimum absolute atomic E-state index is 0. The predicted octanol–water partition coefficient (Wildman–Crippen LogP) is 4.74. The fourth-order valence-corrected chi connectivity index (χ4v) is 1.58. The fraction of sp³-hybridized carbons (Fsp3) is 0.917. The van der Waals surface area contributed by atoms with Gasteiger partial charge in [0.25, 0.3) is 0 Å². The number of hydrogen-bond acceptors (Lipinski definition) is 0. The van der Waals surface area contributed by atoms with Crippen molar-refractivity contribution >= 4 is 0 Å². The Morgan fingerprint density at radius 1 is 0.692 bits per heavy atom. The van der Waals surface area contributed by atoms with Gasteiger partial charge in [0.1, 0.15) is 0 Å². The van der Waals surface area contributed by atoms with Crippen molar-refractivity contribution in [3.8, 4) is 0 Å². The first-order valence-electron chi connectivity index (χ1n) is 5.68. The molecule has 0 atom stereocenters. The first-order chi connectivity index (χ1) is 5.85. The number of hydrogen-bond donors (Lipinski definition) is 0. The minimum atomic E-state index is 0. The maximum Gasteiger partial charge on any atom is 0 e. The molecule has 0 aliphatic carbocycles. The Labute approximate surface area is 97.6 Å². The summed E-state index contributed by atoms with van der Waals surface area (Å²) in [6.45, 7) is 6.85. The second-order valence-corrected chi connectivity index (χ2v) is 3.71. The van der Waals surface area contributed by atoms with Crippen LogP contribution in [0.25, 0.3) is 0 Å². The molecular formula is C12H25Zn-. The van der Waals surface area contributed by atoms with E-state index in [2.05, 4.69) is 20.8 Å². The molecule has 0 amide bonds. The summed E-state index contributed by atoms with van der Waals surface area (Å²) >= 11 is 0. The molecule has 0 aromatic heterocycles. The van der Waals surface area contributed by atoms with Gasteiger partial charge in [0, 0.05) is 19.5 Å². The molecule has 76 valence electrons. The summed E-state index contributed by atoms with van der Waals surface area (Å²) in [6.07, 6.45) is 11.0. The quantitative estimate of drug-likeness (QED) is 0.420. The molecule has 0 fully saturated rings. The monoisotopic (exact) mass is 233 g/mol. The molecule has 0 heterocycles. The van der Waals surface area contributed by atoms with Gasteiger partial charge in [-0.15, -0.1) is 0 Å². The second-order valence-electron chi connectivity index (χ2n) is 3.71. The normalized spacial score (nSPS) is 10.2. The van der Waals surface area contributed by atoms with Crippen LogP contribution in [-0.2, 0) is 19.5 Å². The Morgan fingerprint density at radius 2 is 1.15 bits per heavy atom. The molecule has 13 heavy (non-hydrogen) atoms. The Hall–Kier alpha value is 0.623. The van der Waals surface area contributed by atoms with E-state index in [4.69, 9.17) is 0 Å². The van der Waals surface area contributed by atoms with Crippen LogP contribution in [0, 0.1) is 5.92 Å². The SMILES string of the molecule is CCCC[C-](CCC)CCCC.[Zn]. The predicted molar refractivity (Wildman–Crippen MR) is 57.2 cm³/mol. The molecule has 0 spiro atoms. The van der Waals surface area contributed by atoms with E-state index in [1.807, 2.05) is 5.92 Å². The van der Waals surface area contributed by atoms with Gasteiger partial charge in [-0.1, -0.05) is 52.9 Å². The van der Waals surface area contributed by atoms with E-state index in [-0.39, 0.29) is 19.5 Å². The van der Waals surface area contributed by atoms with E-state index in [0.717, 1.165) is 0 Å². The molecule has 0 aliphatic rings. The summed E-state index contributed by atoms with van der Waals surface area (Å²) in [7, 11) is 0. The van der Waals surface area contributed by atoms with Gasteiger partial charge in [-0.05, 0) is 0 Å². The molecule has 0 saturated carbocycles. The maximum atomic E-state index is 2.29. The summed E-state index contributed by atoms with van der Waals surface area (Å²) in [6, 6.07) is 0. The Morgan fingerprint density at radius 3 is 1.46 bits per heavy atom. The van der Waals surface area contributed by atoms with Crippen molar-refractivity contribution in [3.05, 3.63) is 5.92 Å². The molecule has 0 saturated heterocycles. The van der Waals surface area contributed by atoms with Crippen molar-refractivity contribution in [1.82, 2.24) is 0 Å². The molecule has 0 aromatic rings. The Balaban J connectivity index is 0. The first-order valence-corrected chi connectivity index (χ1v) is 5.68. The van der Waals surface area contributed by atoms with Crippen molar-refractivity contribution in [2.75, 3.05) is 0 Å². The van der Waals surface area contributed by atoms with Crippen molar-refractivity contribution < 1.29 is 19.5 Å². The van der Waals surface area contributed by atoms with Crippen LogP contribution in [0.2, 0.25) is 0 Å². The zero-order chi connectivity index (χ0) is 9.23. The van der Waals surface area contributed by atoms with Crippen molar-refractivity contribution in [1.29, 1.82) is 0 Å². The van der Waals surface area contributed by atoms with E-state index in [1.165, 1.54) is 51.4 Å². The van der Waals surface area contributed by atoms with Gasteiger partial charge in [0.2, 0.25) is 0 Å². The first kappa shape index (κ1) is 16.1. The van der Waals surface area contributed by atoms with Gasteiger partial charge in [-0.2, -0.15) is 19.3 Å². The molecule has 0 N–H and O–H groups in total. The van der Waals surface area contributed by atoms with Gasteiger partial charge in [-0.25, -0.2) is 0 Å². The third-order valence-corrected chi connectivity index (χ3v) is 2.37. The van der Waals surface area contributed by atoms with Crippen LogP contribution in [0.1, 0.15) is 72.1 Å². The van der Waals surface area contributed by atoms with E-state index in [0.29, 0.717) is 0 Å². The summed E-state index contributed by atoms with van der Waals surface area (Å²) in [5.74, 6) is 1.82. The van der Waals surface area contributed by atoms with Crippen LogP contribution >= 0.6 is 0 Å². The van der Waals surface area contributed by atoms with E-state index < -0.39 is 0 Å². The van der Waals surface area contributed by atoms with Crippen molar-refractivity contribution in [2.45, 2.75) is 72.1 Å². The van der Waals surface area contributed by atoms with Crippen LogP contribution in [-0.4, -0.2) is 0 Å². The summed E-state index contributed by atoms with van der Waals surface area (Å²) in [5.41, 5.74) is 0. The zero-order valence-electron chi connectivity index (χ0n) is 9.86. The Kier molecular flexibility index (Phi) is 15.6. The van der Waals surface area contributed by atoms with Gasteiger partial charge in [0.05, 0.1) is 0 Å². The molecule has 0 aromatic carbocycles. The largest absolute Gasteiger partial charge is 0.314 e. The van der Waals surface area contributed by atoms with Gasteiger partial charge in [-0.3, -0.25) is 0 Å². The second kappa shape index (κ2) is 12.6. The topological polar surface area (TPSA) is 0 Å². The summed E-state index contributed by atoms with van der Waals surface area (Å²) < 4.78 is 0. The summed E-state index contributed by atoms with van der Waals surface area (Å²) in [5, 5.41) is 0. The molecule has 0 rings (SSSR count). The minimum Gasteiger partial charge on any atom is -0.314 e. The molecule has 0 aliphatic heterocycles. The van der Waals surface area contributed by atoms with E-state index in [1.54, 1.807) is 0 Å². The standard InChI is InChI=1S/C12H25.Zn/c1-4-7-10-12(9-6-3)11-8-5-2;/h4-11H2,1-3H3;/q-1;. The average molecular weight is 235 g/mol. The summed E-state index contributed by atoms with van der Waals surface area (Å²) in [4.78, 5) is 0. The van der Waals surface area contributed by atoms with E-state index >= 15 is 0 Å². The molecule has 0 bridgehead atoms. The van der Waals surface area contributed by atoms with Crippen molar-refractivity contribution in [2.24, 2.45) is 0 Å². The average Bonchev–Trinajstić information content (AvgIpc) is 2.10. The third-order valence-electron chi connectivity index (χ3n) is 2.37. The fourth-order valence-electron chi connectivity index (χ4n) is 1.58. The smallest absolute Gasteiger partial charge is 0 e. The van der Waals surface area contributed by atoms with Crippen LogP contribution in [0.15, 0.2) is 0 Å². The van der Waals surface area contributed by atoms with Crippen LogP contribution in [0.3, 0.4) is 0 Å². The molecule has 0 nitrogen and oxygen atoms in total. The van der Waals surface area contributed by atoms with Crippen molar-refractivity contribution in [3.63, 3.8) is 0 Å². The van der Waals surface area contributed by atoms with Crippen LogP contribution in [0.4, 0.5) is 0 Å². The van der Waals surface area contributed by atoms with E-state index in [9.17, 15) is 0 Å². The number of unbranched alkanes of at least 4 members (excludes halogenated alkanes) is 2.